The van der Waals surface area contributed by atoms with Gasteiger partial charge in [0.1, 0.15) is 6.04 Å². The SMILES string of the molecule is CCCCCC(C)[C@H]1CN[C@H](C(=O)O)C1. The van der Waals surface area contributed by atoms with Crippen LogP contribution in [0.5, 0.6) is 0 Å². The number of hydrogen-bond acceptors (Lipinski definition) is 2. The predicted molar refractivity (Wildman–Crippen MR) is 60.8 cm³/mol. The second-order valence-electron chi connectivity index (χ2n) is 4.77. The molecule has 0 bridgehead atoms. The topological polar surface area (TPSA) is 49.3 Å². The Balaban J connectivity index is 2.24. The maximum atomic E-state index is 10.8. The van der Waals surface area contributed by atoms with Gasteiger partial charge in [-0.3, -0.25) is 4.79 Å². The lowest BCUT2D eigenvalue weighted by Crippen LogP contribution is -2.29. The van der Waals surface area contributed by atoms with Crippen molar-refractivity contribution in [3.8, 4) is 0 Å². The van der Waals surface area contributed by atoms with Crippen LogP contribution < -0.4 is 5.32 Å². The largest absolute Gasteiger partial charge is 0.480 e. The van der Waals surface area contributed by atoms with E-state index in [0.717, 1.165) is 13.0 Å². The van der Waals surface area contributed by atoms with Crippen LogP contribution in [-0.4, -0.2) is 23.7 Å². The van der Waals surface area contributed by atoms with E-state index in [4.69, 9.17) is 5.11 Å². The van der Waals surface area contributed by atoms with Crippen LogP contribution in [0.15, 0.2) is 0 Å². The van der Waals surface area contributed by atoms with Gasteiger partial charge in [-0.2, -0.15) is 0 Å². The summed E-state index contributed by atoms with van der Waals surface area (Å²) >= 11 is 0. The fourth-order valence-corrected chi connectivity index (χ4v) is 2.34. The summed E-state index contributed by atoms with van der Waals surface area (Å²) < 4.78 is 0. The standard InChI is InChI=1S/C12H23NO2/c1-3-4-5-6-9(2)10-7-11(12(14)15)13-8-10/h9-11,13H,3-8H2,1-2H3,(H,14,15)/t9?,10-,11+/m1/s1. The number of rotatable bonds is 6. The average Bonchev–Trinajstić information content (AvgIpc) is 2.66. The number of carbonyl (C=O) groups is 1. The minimum Gasteiger partial charge on any atom is -0.480 e. The summed E-state index contributed by atoms with van der Waals surface area (Å²) in [5.74, 6) is 0.523. The molecule has 1 rings (SSSR count). The van der Waals surface area contributed by atoms with E-state index >= 15 is 0 Å². The fraction of sp³-hybridized carbons (Fsp3) is 0.917. The third kappa shape index (κ3) is 3.82. The Bertz CT molecular complexity index is 206. The molecule has 0 radical (unpaired) electrons. The maximum Gasteiger partial charge on any atom is 0.320 e. The van der Waals surface area contributed by atoms with Gasteiger partial charge in [-0.05, 0) is 24.8 Å². The zero-order valence-corrected chi connectivity index (χ0v) is 9.83. The van der Waals surface area contributed by atoms with Crippen LogP contribution in [0, 0.1) is 11.8 Å². The lowest BCUT2D eigenvalue weighted by atomic mass is 9.87. The number of hydrogen-bond donors (Lipinski definition) is 2. The highest BCUT2D eigenvalue weighted by molar-refractivity contribution is 5.73. The Kier molecular flexibility index (Phi) is 5.09. The number of carboxylic acid groups (broad SMARTS) is 1. The molecule has 88 valence electrons. The molecule has 15 heavy (non-hydrogen) atoms. The summed E-state index contributed by atoms with van der Waals surface area (Å²) in [6.45, 7) is 5.35. The maximum absolute atomic E-state index is 10.8. The molecule has 1 fully saturated rings. The summed E-state index contributed by atoms with van der Waals surface area (Å²) in [6, 6.07) is -0.302. The van der Waals surface area contributed by atoms with Crippen LogP contribution >= 0.6 is 0 Å². The van der Waals surface area contributed by atoms with Gasteiger partial charge in [0, 0.05) is 0 Å². The number of carboxylic acids is 1. The number of aliphatic carboxylic acids is 1. The molecule has 0 saturated carbocycles. The summed E-state index contributed by atoms with van der Waals surface area (Å²) in [7, 11) is 0. The van der Waals surface area contributed by atoms with E-state index in [2.05, 4.69) is 19.2 Å². The van der Waals surface area contributed by atoms with E-state index < -0.39 is 5.97 Å². The zero-order valence-electron chi connectivity index (χ0n) is 9.83. The van der Waals surface area contributed by atoms with E-state index in [9.17, 15) is 4.79 Å². The summed E-state index contributed by atoms with van der Waals surface area (Å²) in [5, 5.41) is 11.9. The van der Waals surface area contributed by atoms with Crippen LogP contribution in [0.4, 0.5) is 0 Å². The molecule has 0 spiro atoms. The van der Waals surface area contributed by atoms with E-state index in [1.807, 2.05) is 0 Å². The Hall–Kier alpha value is -0.570. The lowest BCUT2D eigenvalue weighted by molar-refractivity contribution is -0.139. The molecule has 1 aliphatic heterocycles. The Labute approximate surface area is 92.3 Å². The van der Waals surface area contributed by atoms with Crippen LogP contribution in [-0.2, 0) is 4.79 Å². The Morgan fingerprint density at radius 2 is 2.27 bits per heavy atom. The first-order chi connectivity index (χ1) is 7.15. The molecule has 0 aliphatic carbocycles. The smallest absolute Gasteiger partial charge is 0.320 e. The summed E-state index contributed by atoms with van der Waals surface area (Å²) in [4.78, 5) is 10.8. The van der Waals surface area contributed by atoms with Gasteiger partial charge in [-0.25, -0.2) is 0 Å². The minimum atomic E-state index is -0.696. The van der Waals surface area contributed by atoms with Gasteiger partial charge in [0.15, 0.2) is 0 Å². The van der Waals surface area contributed by atoms with Crippen LogP contribution in [0.1, 0.15) is 46.0 Å². The van der Waals surface area contributed by atoms with Crippen molar-refractivity contribution in [2.45, 2.75) is 52.0 Å². The van der Waals surface area contributed by atoms with E-state index in [1.54, 1.807) is 0 Å². The van der Waals surface area contributed by atoms with Crippen LogP contribution in [0.3, 0.4) is 0 Å². The van der Waals surface area contributed by atoms with E-state index in [1.165, 1.54) is 25.7 Å². The molecule has 1 unspecified atom stereocenters. The van der Waals surface area contributed by atoms with Crippen molar-refractivity contribution in [2.75, 3.05) is 6.54 Å². The highest BCUT2D eigenvalue weighted by atomic mass is 16.4. The summed E-state index contributed by atoms with van der Waals surface area (Å²) in [6.07, 6.45) is 5.89. The second kappa shape index (κ2) is 6.11. The molecule has 1 aliphatic rings. The van der Waals surface area contributed by atoms with Gasteiger partial charge in [-0.15, -0.1) is 0 Å². The van der Waals surface area contributed by atoms with Gasteiger partial charge in [0.2, 0.25) is 0 Å². The molecule has 1 heterocycles. The quantitative estimate of drug-likeness (QED) is 0.665. The molecule has 0 aromatic rings. The monoisotopic (exact) mass is 213 g/mol. The molecule has 0 aromatic heterocycles. The first kappa shape index (κ1) is 12.5. The molecule has 1 saturated heterocycles. The van der Waals surface area contributed by atoms with Crippen molar-refractivity contribution in [3.63, 3.8) is 0 Å². The lowest BCUT2D eigenvalue weighted by Gasteiger charge is -2.17. The van der Waals surface area contributed by atoms with Crippen molar-refractivity contribution in [1.82, 2.24) is 5.32 Å². The van der Waals surface area contributed by atoms with Crippen LogP contribution in [0.25, 0.3) is 0 Å². The average molecular weight is 213 g/mol. The van der Waals surface area contributed by atoms with Gasteiger partial charge in [-0.1, -0.05) is 39.5 Å². The molecule has 3 heteroatoms. The van der Waals surface area contributed by atoms with Crippen LogP contribution in [0.2, 0.25) is 0 Å². The summed E-state index contributed by atoms with van der Waals surface area (Å²) in [5.41, 5.74) is 0. The molecule has 0 amide bonds. The van der Waals surface area contributed by atoms with E-state index in [-0.39, 0.29) is 6.04 Å². The van der Waals surface area contributed by atoms with Crippen molar-refractivity contribution in [1.29, 1.82) is 0 Å². The Morgan fingerprint density at radius 1 is 1.53 bits per heavy atom. The minimum absolute atomic E-state index is 0.302. The molecular formula is C12H23NO2. The highest BCUT2D eigenvalue weighted by Crippen LogP contribution is 2.26. The van der Waals surface area contributed by atoms with Gasteiger partial charge in [0.05, 0.1) is 0 Å². The molecule has 3 nitrogen and oxygen atoms in total. The second-order valence-corrected chi connectivity index (χ2v) is 4.77. The zero-order chi connectivity index (χ0) is 11.3. The van der Waals surface area contributed by atoms with Crippen molar-refractivity contribution < 1.29 is 9.90 Å². The Morgan fingerprint density at radius 3 is 2.80 bits per heavy atom. The first-order valence-corrected chi connectivity index (χ1v) is 6.11. The third-order valence-electron chi connectivity index (χ3n) is 3.53. The van der Waals surface area contributed by atoms with E-state index in [0.29, 0.717) is 11.8 Å². The van der Waals surface area contributed by atoms with Crippen molar-refractivity contribution in [3.05, 3.63) is 0 Å². The first-order valence-electron chi connectivity index (χ1n) is 6.11. The normalized spacial score (nSPS) is 27.9. The number of nitrogens with one attached hydrogen (secondary N) is 1. The molecular weight excluding hydrogens is 190 g/mol. The van der Waals surface area contributed by atoms with Crippen molar-refractivity contribution in [2.24, 2.45) is 11.8 Å². The van der Waals surface area contributed by atoms with Gasteiger partial charge < -0.3 is 10.4 Å². The third-order valence-corrected chi connectivity index (χ3v) is 3.53. The van der Waals surface area contributed by atoms with Crippen molar-refractivity contribution >= 4 is 5.97 Å². The fourth-order valence-electron chi connectivity index (χ4n) is 2.34. The number of unbranched alkanes of at least 4 members (excludes halogenated alkanes) is 2. The molecule has 2 N–H and O–H groups in total. The predicted octanol–water partition coefficient (Wildman–Crippen LogP) is 2.27. The highest BCUT2D eigenvalue weighted by Gasteiger charge is 2.31. The molecule has 0 aromatic carbocycles. The van der Waals surface area contributed by atoms with Gasteiger partial charge in [0.25, 0.3) is 0 Å². The van der Waals surface area contributed by atoms with Gasteiger partial charge >= 0.3 is 5.97 Å². The molecule has 3 atom stereocenters.